The van der Waals surface area contributed by atoms with Crippen LogP contribution in [0, 0.1) is 0 Å². The van der Waals surface area contributed by atoms with Gasteiger partial charge in [0.05, 0.1) is 6.61 Å². The molecule has 0 spiro atoms. The summed E-state index contributed by atoms with van der Waals surface area (Å²) in [6.07, 6.45) is 35.6. The highest BCUT2D eigenvalue weighted by Gasteiger charge is 2.16. The van der Waals surface area contributed by atoms with Crippen molar-refractivity contribution in [2.75, 3.05) is 13.2 Å². The Morgan fingerprint density at radius 1 is 0.537 bits per heavy atom. The number of aliphatic hydroxyl groups excluding tert-OH is 1. The van der Waals surface area contributed by atoms with Crippen LogP contribution in [0.15, 0.2) is 12.2 Å². The van der Waals surface area contributed by atoms with Gasteiger partial charge in [0.1, 0.15) is 6.61 Å². The minimum atomic E-state index is -0.767. The summed E-state index contributed by atoms with van der Waals surface area (Å²) in [4.78, 5) is 24.1. The van der Waals surface area contributed by atoms with E-state index < -0.39 is 6.10 Å². The van der Waals surface area contributed by atoms with E-state index in [9.17, 15) is 14.7 Å². The molecule has 0 fully saturated rings. The number of carbonyl (C=O) groups excluding carboxylic acids is 2. The number of carbonyl (C=O) groups is 2. The second-order valence-electron chi connectivity index (χ2n) is 12.0. The predicted octanol–water partition coefficient (Wildman–Crippen LogP) is 10.6. The zero-order chi connectivity index (χ0) is 30.1. The molecule has 0 rings (SSSR count). The van der Waals surface area contributed by atoms with Gasteiger partial charge in [-0.2, -0.15) is 0 Å². The number of allylic oxidation sites excluding steroid dienone is 2. The molecule has 0 saturated heterocycles. The minimum Gasteiger partial charge on any atom is -0.462 e. The number of hydrogen-bond donors (Lipinski definition) is 1. The van der Waals surface area contributed by atoms with Crippen LogP contribution in [0.2, 0.25) is 0 Å². The van der Waals surface area contributed by atoms with Crippen LogP contribution in [0.5, 0.6) is 0 Å². The highest BCUT2D eigenvalue weighted by Crippen LogP contribution is 2.15. The molecule has 242 valence electrons. The molecule has 1 N–H and O–H groups in total. The molecule has 1 atom stereocenters. The predicted molar refractivity (Wildman–Crippen MR) is 173 cm³/mol. The second kappa shape index (κ2) is 33.1. The van der Waals surface area contributed by atoms with Gasteiger partial charge < -0.3 is 14.6 Å². The van der Waals surface area contributed by atoms with Crippen molar-refractivity contribution in [1.29, 1.82) is 0 Å². The van der Waals surface area contributed by atoms with Gasteiger partial charge in [-0.3, -0.25) is 9.59 Å². The van der Waals surface area contributed by atoms with E-state index in [0.717, 1.165) is 51.4 Å². The highest BCUT2D eigenvalue weighted by molar-refractivity contribution is 5.70. The molecule has 0 aromatic carbocycles. The number of ether oxygens (including phenoxy) is 2. The van der Waals surface area contributed by atoms with Crippen LogP contribution in [0.4, 0.5) is 0 Å². The Kier molecular flexibility index (Phi) is 32.0. The fraction of sp³-hybridized carbons (Fsp3) is 0.889. The summed E-state index contributed by atoms with van der Waals surface area (Å²) >= 11 is 0. The molecule has 0 saturated carbocycles. The fourth-order valence-electron chi connectivity index (χ4n) is 5.09. The third-order valence-corrected chi connectivity index (χ3v) is 7.79. The van der Waals surface area contributed by atoms with Crippen molar-refractivity contribution in [2.45, 2.75) is 193 Å². The summed E-state index contributed by atoms with van der Waals surface area (Å²) in [6, 6.07) is 0. The van der Waals surface area contributed by atoms with Gasteiger partial charge in [-0.25, -0.2) is 0 Å². The molecule has 0 bridgehead atoms. The van der Waals surface area contributed by atoms with E-state index >= 15 is 0 Å². The highest BCUT2D eigenvalue weighted by atomic mass is 16.6. The standard InChI is InChI=1S/C36H68O5/c1-3-5-7-9-11-13-15-16-17-18-19-20-21-23-24-26-28-30-35(38)40-33-34(32-37)41-36(39)31-29-27-25-22-14-12-10-8-6-4-2/h8,10,34,37H,3-7,9,11-33H2,1-2H3/b10-8-. The number of hydrogen-bond acceptors (Lipinski definition) is 5. The molecule has 0 amide bonds. The molecule has 1 unspecified atom stereocenters. The van der Waals surface area contributed by atoms with Crippen LogP contribution >= 0.6 is 0 Å². The first-order valence-electron chi connectivity index (χ1n) is 17.7. The number of esters is 2. The number of unbranched alkanes of at least 4 members (excludes halogenated alkanes) is 22. The molecule has 0 aromatic heterocycles. The summed E-state index contributed by atoms with van der Waals surface area (Å²) in [5.41, 5.74) is 0. The molecule has 0 aromatic rings. The molecule has 0 aliphatic carbocycles. The summed E-state index contributed by atoms with van der Waals surface area (Å²) in [7, 11) is 0. The molecular formula is C36H68O5. The first-order chi connectivity index (χ1) is 20.1. The van der Waals surface area contributed by atoms with Crippen LogP contribution in [-0.2, 0) is 19.1 Å². The maximum atomic E-state index is 12.1. The van der Waals surface area contributed by atoms with Crippen molar-refractivity contribution in [2.24, 2.45) is 0 Å². The van der Waals surface area contributed by atoms with Crippen LogP contribution < -0.4 is 0 Å². The Hall–Kier alpha value is -1.36. The van der Waals surface area contributed by atoms with E-state index in [1.165, 1.54) is 109 Å². The summed E-state index contributed by atoms with van der Waals surface area (Å²) in [6.45, 7) is 4.07. The summed E-state index contributed by atoms with van der Waals surface area (Å²) in [5.74, 6) is -0.597. The van der Waals surface area contributed by atoms with Crippen molar-refractivity contribution in [3.63, 3.8) is 0 Å². The van der Waals surface area contributed by atoms with E-state index in [1.807, 2.05) is 0 Å². The Morgan fingerprint density at radius 2 is 0.951 bits per heavy atom. The molecule has 5 nitrogen and oxygen atoms in total. The maximum Gasteiger partial charge on any atom is 0.306 e. The Labute approximate surface area is 254 Å². The third kappa shape index (κ3) is 31.4. The van der Waals surface area contributed by atoms with Gasteiger partial charge in [0.2, 0.25) is 0 Å². The Morgan fingerprint density at radius 3 is 1.41 bits per heavy atom. The zero-order valence-corrected chi connectivity index (χ0v) is 27.3. The van der Waals surface area contributed by atoms with E-state index in [2.05, 4.69) is 26.0 Å². The smallest absolute Gasteiger partial charge is 0.306 e. The molecule has 0 aliphatic rings. The van der Waals surface area contributed by atoms with Gasteiger partial charge in [0.15, 0.2) is 6.10 Å². The topological polar surface area (TPSA) is 72.8 Å². The van der Waals surface area contributed by atoms with Crippen molar-refractivity contribution in [1.82, 2.24) is 0 Å². The third-order valence-electron chi connectivity index (χ3n) is 7.79. The maximum absolute atomic E-state index is 12.1. The largest absolute Gasteiger partial charge is 0.462 e. The van der Waals surface area contributed by atoms with Gasteiger partial charge in [-0.15, -0.1) is 0 Å². The van der Waals surface area contributed by atoms with Crippen LogP contribution in [0.3, 0.4) is 0 Å². The van der Waals surface area contributed by atoms with Crippen LogP contribution in [-0.4, -0.2) is 36.4 Å². The molecule has 0 radical (unpaired) electrons. The fourth-order valence-corrected chi connectivity index (χ4v) is 5.09. The molecule has 5 heteroatoms. The van der Waals surface area contributed by atoms with Crippen LogP contribution in [0.1, 0.15) is 187 Å². The van der Waals surface area contributed by atoms with Gasteiger partial charge in [-0.1, -0.05) is 154 Å². The molecular weight excluding hydrogens is 512 g/mol. The molecule has 0 heterocycles. The van der Waals surface area contributed by atoms with Crippen molar-refractivity contribution >= 4 is 11.9 Å². The van der Waals surface area contributed by atoms with Gasteiger partial charge in [-0.05, 0) is 32.1 Å². The normalized spacial score (nSPS) is 12.2. The van der Waals surface area contributed by atoms with Crippen molar-refractivity contribution < 1.29 is 24.2 Å². The van der Waals surface area contributed by atoms with Crippen molar-refractivity contribution in [3.05, 3.63) is 12.2 Å². The van der Waals surface area contributed by atoms with Gasteiger partial charge in [0, 0.05) is 12.8 Å². The average molecular weight is 581 g/mol. The second-order valence-corrected chi connectivity index (χ2v) is 12.0. The summed E-state index contributed by atoms with van der Waals surface area (Å²) in [5, 5.41) is 9.49. The summed E-state index contributed by atoms with van der Waals surface area (Å²) < 4.78 is 10.5. The quantitative estimate of drug-likeness (QED) is 0.0487. The average Bonchev–Trinajstić information content (AvgIpc) is 2.97. The molecule has 0 aliphatic heterocycles. The Bertz CT molecular complexity index is 589. The van der Waals surface area contributed by atoms with E-state index in [0.29, 0.717) is 12.8 Å². The van der Waals surface area contributed by atoms with E-state index in [1.54, 1.807) is 0 Å². The lowest BCUT2D eigenvalue weighted by Crippen LogP contribution is -2.28. The first kappa shape index (κ1) is 39.6. The first-order valence-corrected chi connectivity index (χ1v) is 17.7. The SMILES string of the molecule is CCC/C=C\CCCCCCCC(=O)OC(CO)COC(=O)CCCCCCCCCCCCCCCCCCC. The van der Waals surface area contributed by atoms with Crippen LogP contribution in [0.25, 0.3) is 0 Å². The lowest BCUT2D eigenvalue weighted by molar-refractivity contribution is -0.161. The monoisotopic (exact) mass is 581 g/mol. The molecule has 41 heavy (non-hydrogen) atoms. The zero-order valence-electron chi connectivity index (χ0n) is 27.3. The van der Waals surface area contributed by atoms with E-state index in [-0.39, 0.29) is 25.2 Å². The lowest BCUT2D eigenvalue weighted by atomic mass is 10.0. The lowest BCUT2D eigenvalue weighted by Gasteiger charge is -2.15. The Balaban J connectivity index is 3.51. The number of aliphatic hydroxyl groups is 1. The van der Waals surface area contributed by atoms with E-state index in [4.69, 9.17) is 9.47 Å². The van der Waals surface area contributed by atoms with Gasteiger partial charge in [0.25, 0.3) is 0 Å². The minimum absolute atomic E-state index is 0.0639. The van der Waals surface area contributed by atoms with Gasteiger partial charge >= 0.3 is 11.9 Å². The number of rotatable bonds is 32. The van der Waals surface area contributed by atoms with Crippen molar-refractivity contribution in [3.8, 4) is 0 Å².